The first-order valence-corrected chi connectivity index (χ1v) is 6.03. The van der Waals surface area contributed by atoms with Gasteiger partial charge in [-0.05, 0) is 37.5 Å². The van der Waals surface area contributed by atoms with Crippen molar-refractivity contribution in [2.75, 3.05) is 12.4 Å². The van der Waals surface area contributed by atoms with Crippen LogP contribution in [-0.2, 0) is 0 Å². The Labute approximate surface area is 99.4 Å². The molecule has 1 atom stereocenters. The Morgan fingerprint density at radius 3 is 2.40 bits per heavy atom. The highest BCUT2D eigenvalue weighted by atomic mass is 79.9. The number of hydrogen-bond donors (Lipinski definition) is 1. The summed E-state index contributed by atoms with van der Waals surface area (Å²) in [6, 6.07) is 2.08. The van der Waals surface area contributed by atoms with Crippen molar-refractivity contribution >= 4 is 15.9 Å². The monoisotopic (exact) mass is 272 g/mol. The van der Waals surface area contributed by atoms with E-state index in [1.54, 1.807) is 7.11 Å². The van der Waals surface area contributed by atoms with Crippen LogP contribution < -0.4 is 4.74 Å². The number of benzene rings is 1. The molecule has 0 fully saturated rings. The van der Waals surface area contributed by atoms with E-state index in [1.165, 1.54) is 5.56 Å². The quantitative estimate of drug-likeness (QED) is 0.858. The van der Waals surface area contributed by atoms with E-state index < -0.39 is 6.10 Å². The molecule has 1 N–H and O–H groups in total. The first-order valence-electron chi connectivity index (χ1n) is 4.91. The third kappa shape index (κ3) is 2.34. The summed E-state index contributed by atoms with van der Waals surface area (Å²) in [4.78, 5) is 0. The van der Waals surface area contributed by atoms with Gasteiger partial charge < -0.3 is 9.84 Å². The first-order chi connectivity index (χ1) is 7.02. The van der Waals surface area contributed by atoms with Crippen molar-refractivity contribution < 1.29 is 9.84 Å². The lowest BCUT2D eigenvalue weighted by Crippen LogP contribution is -2.06. The second-order valence-electron chi connectivity index (χ2n) is 3.75. The summed E-state index contributed by atoms with van der Waals surface area (Å²) in [6.07, 6.45) is -0.515. The Kier molecular flexibility index (Phi) is 4.17. The van der Waals surface area contributed by atoms with Gasteiger partial charge in [-0.25, -0.2) is 0 Å². The van der Waals surface area contributed by atoms with Crippen LogP contribution in [0.3, 0.4) is 0 Å². The molecule has 0 amide bonds. The molecule has 84 valence electrons. The third-order valence-corrected chi connectivity index (χ3v) is 3.33. The molecule has 0 bridgehead atoms. The van der Waals surface area contributed by atoms with Gasteiger partial charge in [0.2, 0.25) is 0 Å². The number of halogens is 1. The van der Waals surface area contributed by atoms with Crippen LogP contribution in [0.4, 0.5) is 0 Å². The van der Waals surface area contributed by atoms with E-state index in [9.17, 15) is 5.11 Å². The number of aryl methyl sites for hydroxylation is 2. The normalized spacial score (nSPS) is 12.7. The van der Waals surface area contributed by atoms with Crippen LogP contribution in [0.2, 0.25) is 0 Å². The van der Waals surface area contributed by atoms with Gasteiger partial charge in [-0.2, -0.15) is 0 Å². The maximum Gasteiger partial charge on any atom is 0.128 e. The maximum atomic E-state index is 9.91. The lowest BCUT2D eigenvalue weighted by Gasteiger charge is -2.19. The lowest BCUT2D eigenvalue weighted by atomic mass is 9.96. The minimum absolute atomic E-state index is 0.515. The Balaban J connectivity index is 3.41. The van der Waals surface area contributed by atoms with Gasteiger partial charge in [0, 0.05) is 10.9 Å². The fourth-order valence-electron chi connectivity index (χ4n) is 1.83. The molecule has 1 aromatic carbocycles. The molecule has 0 aliphatic carbocycles. The van der Waals surface area contributed by atoms with Gasteiger partial charge in [-0.15, -0.1) is 0 Å². The molecule has 0 spiro atoms. The van der Waals surface area contributed by atoms with Gasteiger partial charge in [0.05, 0.1) is 13.2 Å². The highest BCUT2D eigenvalue weighted by Gasteiger charge is 2.18. The van der Waals surface area contributed by atoms with Crippen molar-refractivity contribution in [3.8, 4) is 5.75 Å². The number of rotatable bonds is 3. The Hall–Kier alpha value is -0.540. The molecule has 3 heteroatoms. The van der Waals surface area contributed by atoms with Crippen LogP contribution in [0.1, 0.15) is 28.4 Å². The largest absolute Gasteiger partial charge is 0.496 e. The topological polar surface area (TPSA) is 29.5 Å². The van der Waals surface area contributed by atoms with E-state index >= 15 is 0 Å². The lowest BCUT2D eigenvalue weighted by molar-refractivity contribution is 0.199. The van der Waals surface area contributed by atoms with E-state index in [4.69, 9.17) is 4.74 Å². The number of aliphatic hydroxyl groups excluding tert-OH is 1. The predicted octanol–water partition coefficient (Wildman–Crippen LogP) is 3.05. The van der Waals surface area contributed by atoms with E-state index in [2.05, 4.69) is 28.9 Å². The fourth-order valence-corrected chi connectivity index (χ4v) is 2.15. The van der Waals surface area contributed by atoms with E-state index in [1.807, 2.05) is 13.8 Å². The summed E-state index contributed by atoms with van der Waals surface area (Å²) >= 11 is 3.29. The highest BCUT2D eigenvalue weighted by molar-refractivity contribution is 9.09. The average molecular weight is 273 g/mol. The molecule has 0 aliphatic rings. The SMILES string of the molecule is COc1c(C)c(C)cc(C)c1C(O)CBr. The van der Waals surface area contributed by atoms with E-state index in [0.717, 1.165) is 22.4 Å². The number of ether oxygens (including phenoxy) is 1. The summed E-state index contributed by atoms with van der Waals surface area (Å²) < 4.78 is 5.38. The Morgan fingerprint density at radius 2 is 1.93 bits per heavy atom. The second kappa shape index (κ2) is 4.99. The molecular weight excluding hydrogens is 256 g/mol. The molecular formula is C12H17BrO2. The Bertz CT molecular complexity index is 361. The second-order valence-corrected chi connectivity index (χ2v) is 4.40. The number of methoxy groups -OCH3 is 1. The van der Waals surface area contributed by atoms with Gasteiger partial charge >= 0.3 is 0 Å². The van der Waals surface area contributed by atoms with Gasteiger partial charge in [-0.3, -0.25) is 0 Å². The zero-order valence-electron chi connectivity index (χ0n) is 9.60. The molecule has 0 aromatic heterocycles. The summed E-state index contributed by atoms with van der Waals surface area (Å²) in [7, 11) is 1.64. The minimum atomic E-state index is -0.515. The van der Waals surface area contributed by atoms with Crippen molar-refractivity contribution in [1.82, 2.24) is 0 Å². The maximum absolute atomic E-state index is 9.91. The molecule has 0 radical (unpaired) electrons. The molecule has 1 rings (SSSR count). The van der Waals surface area contributed by atoms with Crippen molar-refractivity contribution in [1.29, 1.82) is 0 Å². The van der Waals surface area contributed by atoms with Crippen LogP contribution in [0.15, 0.2) is 6.07 Å². The molecule has 0 heterocycles. The third-order valence-electron chi connectivity index (χ3n) is 2.72. The van der Waals surface area contributed by atoms with Crippen molar-refractivity contribution in [2.45, 2.75) is 26.9 Å². The molecule has 0 aliphatic heterocycles. The van der Waals surface area contributed by atoms with Gasteiger partial charge in [0.15, 0.2) is 0 Å². The minimum Gasteiger partial charge on any atom is -0.496 e. The molecule has 15 heavy (non-hydrogen) atoms. The zero-order valence-corrected chi connectivity index (χ0v) is 11.2. The van der Waals surface area contributed by atoms with Crippen molar-refractivity contribution in [3.05, 3.63) is 28.3 Å². The van der Waals surface area contributed by atoms with Crippen molar-refractivity contribution in [3.63, 3.8) is 0 Å². The number of alkyl halides is 1. The number of aliphatic hydroxyl groups is 1. The van der Waals surface area contributed by atoms with Crippen LogP contribution in [0.25, 0.3) is 0 Å². The first kappa shape index (κ1) is 12.5. The highest BCUT2D eigenvalue weighted by Crippen LogP contribution is 2.34. The van der Waals surface area contributed by atoms with Gasteiger partial charge in [0.1, 0.15) is 5.75 Å². The molecule has 1 aromatic rings. The van der Waals surface area contributed by atoms with Crippen LogP contribution in [0, 0.1) is 20.8 Å². The number of hydrogen-bond acceptors (Lipinski definition) is 2. The molecule has 0 saturated carbocycles. The summed E-state index contributed by atoms with van der Waals surface area (Å²) in [5.74, 6) is 0.805. The predicted molar refractivity (Wildman–Crippen MR) is 66.0 cm³/mol. The smallest absolute Gasteiger partial charge is 0.128 e. The van der Waals surface area contributed by atoms with Crippen LogP contribution in [0.5, 0.6) is 5.75 Å². The summed E-state index contributed by atoms with van der Waals surface area (Å²) in [6.45, 7) is 6.06. The van der Waals surface area contributed by atoms with E-state index in [0.29, 0.717) is 5.33 Å². The van der Waals surface area contributed by atoms with Crippen LogP contribution >= 0.6 is 15.9 Å². The molecule has 1 unspecified atom stereocenters. The van der Waals surface area contributed by atoms with Gasteiger partial charge in [0.25, 0.3) is 0 Å². The Morgan fingerprint density at radius 1 is 1.33 bits per heavy atom. The van der Waals surface area contributed by atoms with Crippen molar-refractivity contribution in [2.24, 2.45) is 0 Å². The standard InChI is InChI=1S/C12H17BrO2/c1-7-5-8(2)11(10(14)6-13)12(15-4)9(7)3/h5,10,14H,6H2,1-4H3. The fraction of sp³-hybridized carbons (Fsp3) is 0.500. The molecule has 2 nitrogen and oxygen atoms in total. The van der Waals surface area contributed by atoms with E-state index in [-0.39, 0.29) is 0 Å². The summed E-state index contributed by atoms with van der Waals surface area (Å²) in [5.41, 5.74) is 4.24. The van der Waals surface area contributed by atoms with Crippen LogP contribution in [-0.4, -0.2) is 17.5 Å². The van der Waals surface area contributed by atoms with Gasteiger partial charge in [-0.1, -0.05) is 22.0 Å². The molecule has 0 saturated heterocycles. The summed E-state index contributed by atoms with van der Waals surface area (Å²) in [5, 5.41) is 10.4. The average Bonchev–Trinajstić information content (AvgIpc) is 2.21. The zero-order chi connectivity index (χ0) is 11.6.